The van der Waals surface area contributed by atoms with Crippen molar-refractivity contribution in [2.24, 2.45) is 0 Å². The number of carbonyl (C=O) groups is 1. The Morgan fingerprint density at radius 2 is 1.83 bits per heavy atom. The smallest absolute Gasteiger partial charge is 0.328 e. The van der Waals surface area contributed by atoms with Crippen molar-refractivity contribution in [3.05, 3.63) is 77.9 Å². The lowest BCUT2D eigenvalue weighted by Crippen LogP contribution is -1.99. The third-order valence-electron chi connectivity index (χ3n) is 3.14. The van der Waals surface area contributed by atoms with Gasteiger partial charge in [-0.2, -0.15) is 0 Å². The number of ether oxygens (including phenoxy) is 2. The molecule has 0 aliphatic carbocycles. The largest absolute Gasteiger partial charge is 0.490 e. The number of allylic oxidation sites excluding steroid dienone is 2. The van der Waals surface area contributed by atoms with Gasteiger partial charge in [0.05, 0.1) is 6.61 Å². The monoisotopic (exact) mass is 324 g/mol. The molecule has 0 aliphatic rings. The third-order valence-corrected chi connectivity index (χ3v) is 3.14. The average molecular weight is 324 g/mol. The van der Waals surface area contributed by atoms with Crippen LogP contribution in [0.5, 0.6) is 11.5 Å². The van der Waals surface area contributed by atoms with Crippen LogP contribution in [-0.4, -0.2) is 17.7 Å². The Morgan fingerprint density at radius 1 is 1.04 bits per heavy atom. The van der Waals surface area contributed by atoms with Gasteiger partial charge < -0.3 is 14.6 Å². The Labute approximate surface area is 141 Å². The number of rotatable bonds is 8. The van der Waals surface area contributed by atoms with Crippen molar-refractivity contribution in [3.63, 3.8) is 0 Å². The van der Waals surface area contributed by atoms with Gasteiger partial charge in [0, 0.05) is 6.08 Å². The number of carboxylic acids is 1. The van der Waals surface area contributed by atoms with E-state index in [-0.39, 0.29) is 0 Å². The topological polar surface area (TPSA) is 55.8 Å². The van der Waals surface area contributed by atoms with Crippen LogP contribution in [0.1, 0.15) is 18.1 Å². The van der Waals surface area contributed by atoms with Crippen molar-refractivity contribution in [1.29, 1.82) is 0 Å². The quantitative estimate of drug-likeness (QED) is 0.580. The van der Waals surface area contributed by atoms with E-state index < -0.39 is 5.97 Å². The standard InChI is InChI=1S/C20H20O4/c1-2-23-19-14-16(8-6-7-11-20(21)22)12-13-18(19)24-15-17-9-4-3-5-10-17/h3-14H,2,15H2,1H3,(H,21,22)/b8-6+,11-7+. The number of carboxylic acid groups (broad SMARTS) is 1. The maximum Gasteiger partial charge on any atom is 0.328 e. The fourth-order valence-corrected chi connectivity index (χ4v) is 2.06. The molecule has 2 aromatic carbocycles. The van der Waals surface area contributed by atoms with Crippen LogP contribution in [0.4, 0.5) is 0 Å². The Kier molecular flexibility index (Phi) is 6.65. The Morgan fingerprint density at radius 3 is 2.54 bits per heavy atom. The lowest BCUT2D eigenvalue weighted by molar-refractivity contribution is -0.131. The molecule has 4 nitrogen and oxygen atoms in total. The van der Waals surface area contributed by atoms with E-state index >= 15 is 0 Å². The highest BCUT2D eigenvalue weighted by atomic mass is 16.5. The molecule has 2 rings (SSSR count). The number of aliphatic carboxylic acids is 1. The van der Waals surface area contributed by atoms with E-state index in [1.165, 1.54) is 6.08 Å². The lowest BCUT2D eigenvalue weighted by atomic mass is 10.2. The zero-order valence-electron chi connectivity index (χ0n) is 13.5. The molecule has 0 radical (unpaired) electrons. The second-order valence-corrected chi connectivity index (χ2v) is 4.97. The van der Waals surface area contributed by atoms with Crippen molar-refractivity contribution in [2.45, 2.75) is 13.5 Å². The summed E-state index contributed by atoms with van der Waals surface area (Å²) in [5.74, 6) is 0.371. The minimum Gasteiger partial charge on any atom is -0.490 e. The van der Waals surface area contributed by atoms with Gasteiger partial charge in [-0.3, -0.25) is 0 Å². The summed E-state index contributed by atoms with van der Waals surface area (Å²) < 4.78 is 11.5. The first-order valence-electron chi connectivity index (χ1n) is 7.70. The molecule has 2 aromatic rings. The van der Waals surface area contributed by atoms with Crippen molar-refractivity contribution >= 4 is 12.0 Å². The Hall–Kier alpha value is -3.01. The summed E-state index contributed by atoms with van der Waals surface area (Å²) in [6, 6.07) is 15.5. The molecule has 0 saturated carbocycles. The van der Waals surface area contributed by atoms with Crippen LogP contribution in [0, 0.1) is 0 Å². The summed E-state index contributed by atoms with van der Waals surface area (Å²) in [5, 5.41) is 8.56. The molecule has 0 bridgehead atoms. The maximum atomic E-state index is 10.4. The van der Waals surface area contributed by atoms with Crippen LogP contribution < -0.4 is 9.47 Å². The number of hydrogen-bond donors (Lipinski definition) is 1. The molecule has 124 valence electrons. The molecule has 0 aromatic heterocycles. The summed E-state index contributed by atoms with van der Waals surface area (Å²) in [6.45, 7) is 2.92. The van der Waals surface area contributed by atoms with Gasteiger partial charge in [0.15, 0.2) is 11.5 Å². The van der Waals surface area contributed by atoms with E-state index in [4.69, 9.17) is 14.6 Å². The summed E-state index contributed by atoms with van der Waals surface area (Å²) in [5.41, 5.74) is 1.99. The fourth-order valence-electron chi connectivity index (χ4n) is 2.06. The molecular formula is C20H20O4. The maximum absolute atomic E-state index is 10.4. The molecule has 0 amide bonds. The molecule has 0 aliphatic heterocycles. The molecule has 4 heteroatoms. The van der Waals surface area contributed by atoms with E-state index in [9.17, 15) is 4.79 Å². The minimum absolute atomic E-state index is 0.470. The van der Waals surface area contributed by atoms with Crippen molar-refractivity contribution in [1.82, 2.24) is 0 Å². The summed E-state index contributed by atoms with van der Waals surface area (Å²) >= 11 is 0. The van der Waals surface area contributed by atoms with Crippen LogP contribution >= 0.6 is 0 Å². The van der Waals surface area contributed by atoms with Gasteiger partial charge in [-0.25, -0.2) is 4.79 Å². The second-order valence-electron chi connectivity index (χ2n) is 4.97. The second kappa shape index (κ2) is 9.20. The van der Waals surface area contributed by atoms with Crippen molar-refractivity contribution < 1.29 is 19.4 Å². The summed E-state index contributed by atoms with van der Waals surface area (Å²) in [7, 11) is 0. The Balaban J connectivity index is 2.09. The Bertz CT molecular complexity index is 718. The third kappa shape index (κ3) is 5.65. The summed E-state index contributed by atoms with van der Waals surface area (Å²) in [6.07, 6.45) is 6.03. The van der Waals surface area contributed by atoms with Crippen LogP contribution in [0.15, 0.2) is 66.8 Å². The van der Waals surface area contributed by atoms with Gasteiger partial charge >= 0.3 is 5.97 Å². The van der Waals surface area contributed by atoms with Gasteiger partial charge in [-0.1, -0.05) is 54.6 Å². The molecule has 0 spiro atoms. The van der Waals surface area contributed by atoms with Crippen LogP contribution in [0.25, 0.3) is 6.08 Å². The first-order chi connectivity index (χ1) is 11.7. The van der Waals surface area contributed by atoms with Crippen LogP contribution in [-0.2, 0) is 11.4 Å². The highest BCUT2D eigenvalue weighted by molar-refractivity contribution is 5.80. The van der Waals surface area contributed by atoms with E-state index in [1.807, 2.05) is 61.5 Å². The number of hydrogen-bond acceptors (Lipinski definition) is 3. The predicted octanol–water partition coefficient (Wildman–Crippen LogP) is 4.32. The molecule has 0 heterocycles. The molecule has 0 saturated heterocycles. The molecule has 0 atom stereocenters. The molecule has 1 N–H and O–H groups in total. The fraction of sp³-hybridized carbons (Fsp3) is 0.150. The highest BCUT2D eigenvalue weighted by Gasteiger charge is 2.06. The molecular weight excluding hydrogens is 304 g/mol. The zero-order valence-corrected chi connectivity index (χ0v) is 13.5. The van der Waals surface area contributed by atoms with Crippen LogP contribution in [0.3, 0.4) is 0 Å². The first-order valence-corrected chi connectivity index (χ1v) is 7.70. The summed E-state index contributed by atoms with van der Waals surface area (Å²) in [4.78, 5) is 10.4. The zero-order chi connectivity index (χ0) is 17.2. The first kappa shape index (κ1) is 17.3. The highest BCUT2D eigenvalue weighted by Crippen LogP contribution is 2.29. The van der Waals surface area contributed by atoms with Gasteiger partial charge in [0.1, 0.15) is 6.61 Å². The minimum atomic E-state index is -0.973. The SMILES string of the molecule is CCOc1cc(/C=C/C=C/C(=O)O)ccc1OCc1ccccc1. The molecule has 0 unspecified atom stereocenters. The molecule has 0 fully saturated rings. The van der Waals surface area contributed by atoms with Crippen molar-refractivity contribution in [2.75, 3.05) is 6.61 Å². The van der Waals surface area contributed by atoms with Gasteiger partial charge in [0.25, 0.3) is 0 Å². The van der Waals surface area contributed by atoms with Gasteiger partial charge in [0.2, 0.25) is 0 Å². The molecule has 24 heavy (non-hydrogen) atoms. The predicted molar refractivity (Wildman–Crippen MR) is 94.2 cm³/mol. The van der Waals surface area contributed by atoms with E-state index in [0.29, 0.717) is 24.7 Å². The van der Waals surface area contributed by atoms with Crippen molar-refractivity contribution in [3.8, 4) is 11.5 Å². The van der Waals surface area contributed by atoms with E-state index in [2.05, 4.69) is 0 Å². The van der Waals surface area contributed by atoms with E-state index in [0.717, 1.165) is 17.2 Å². The normalized spacial score (nSPS) is 11.0. The lowest BCUT2D eigenvalue weighted by Gasteiger charge is -2.12. The van der Waals surface area contributed by atoms with Crippen LogP contribution in [0.2, 0.25) is 0 Å². The van der Waals surface area contributed by atoms with Gasteiger partial charge in [-0.05, 0) is 30.2 Å². The number of benzene rings is 2. The van der Waals surface area contributed by atoms with Gasteiger partial charge in [-0.15, -0.1) is 0 Å². The average Bonchev–Trinajstić information content (AvgIpc) is 2.59. The van der Waals surface area contributed by atoms with E-state index in [1.54, 1.807) is 6.08 Å².